The van der Waals surface area contributed by atoms with Crippen LogP contribution in [0.15, 0.2) is 36.8 Å². The topological polar surface area (TPSA) is 87.2 Å². The lowest BCUT2D eigenvalue weighted by atomic mass is 10.2. The highest BCUT2D eigenvalue weighted by molar-refractivity contribution is 6.33. The van der Waals surface area contributed by atoms with Crippen LogP contribution >= 0.6 is 11.6 Å². The maximum Gasteiger partial charge on any atom is 0.219 e. The first-order valence-electron chi connectivity index (χ1n) is 9.76. The number of rotatable bonds is 3. The quantitative estimate of drug-likeness (QED) is 0.522. The Hall–Kier alpha value is -3.46. The number of carbonyl (C=O) groups is 1. The van der Waals surface area contributed by atoms with Gasteiger partial charge in [-0.3, -0.25) is 9.89 Å². The van der Waals surface area contributed by atoms with Crippen LogP contribution in [0.4, 0.5) is 10.2 Å². The van der Waals surface area contributed by atoms with Crippen LogP contribution in [0.2, 0.25) is 5.02 Å². The third-order valence-corrected chi connectivity index (χ3v) is 5.79. The van der Waals surface area contributed by atoms with Crippen molar-refractivity contribution >= 4 is 45.1 Å². The zero-order valence-electron chi connectivity index (χ0n) is 16.6. The first-order chi connectivity index (χ1) is 15.0. The van der Waals surface area contributed by atoms with Gasteiger partial charge < -0.3 is 14.5 Å². The van der Waals surface area contributed by atoms with Crippen LogP contribution in [0.25, 0.3) is 21.8 Å². The van der Waals surface area contributed by atoms with Gasteiger partial charge in [0.25, 0.3) is 0 Å². The number of nitrogens with one attached hydrogen (secondary N) is 1. The second-order valence-electron chi connectivity index (χ2n) is 7.28. The molecule has 10 heteroatoms. The lowest BCUT2D eigenvalue weighted by Crippen LogP contribution is -2.48. The Morgan fingerprint density at radius 2 is 2.00 bits per heavy atom. The van der Waals surface area contributed by atoms with Gasteiger partial charge in [0, 0.05) is 44.6 Å². The maximum absolute atomic E-state index is 14.3. The van der Waals surface area contributed by atoms with Crippen molar-refractivity contribution in [2.45, 2.75) is 6.92 Å². The van der Waals surface area contributed by atoms with Gasteiger partial charge in [-0.05, 0) is 12.1 Å². The molecule has 0 atom stereocenters. The van der Waals surface area contributed by atoms with Crippen LogP contribution in [-0.4, -0.2) is 57.2 Å². The number of nitrogens with zero attached hydrogens (tertiary/aromatic N) is 5. The molecule has 2 aromatic carbocycles. The van der Waals surface area contributed by atoms with Gasteiger partial charge in [-0.25, -0.2) is 14.4 Å². The second-order valence-corrected chi connectivity index (χ2v) is 7.66. The molecule has 2 aromatic heterocycles. The molecule has 0 radical (unpaired) electrons. The summed E-state index contributed by atoms with van der Waals surface area (Å²) in [6.45, 7) is 4.18. The predicted octanol–water partition coefficient (Wildman–Crippen LogP) is 3.76. The molecule has 0 unspecified atom stereocenters. The molecular weight excluding hydrogens is 423 g/mol. The van der Waals surface area contributed by atoms with E-state index in [4.69, 9.17) is 16.3 Å². The van der Waals surface area contributed by atoms with Crippen LogP contribution in [0.1, 0.15) is 6.92 Å². The van der Waals surface area contributed by atoms with Gasteiger partial charge in [-0.2, -0.15) is 5.10 Å². The van der Waals surface area contributed by atoms with E-state index in [2.05, 4.69) is 25.1 Å². The van der Waals surface area contributed by atoms with Crippen LogP contribution in [0, 0.1) is 5.82 Å². The molecule has 0 aliphatic carbocycles. The highest BCUT2D eigenvalue weighted by Crippen LogP contribution is 2.40. The number of para-hydroxylation sites is 1. The number of halogens is 2. The summed E-state index contributed by atoms with van der Waals surface area (Å²) in [5.74, 6) is 0.830. The van der Waals surface area contributed by atoms with E-state index in [9.17, 15) is 9.18 Å². The predicted molar refractivity (Wildman–Crippen MR) is 115 cm³/mol. The number of fused-ring (bicyclic) bond motifs is 2. The van der Waals surface area contributed by atoms with E-state index in [1.54, 1.807) is 13.0 Å². The number of hydrogen-bond acceptors (Lipinski definition) is 6. The lowest BCUT2D eigenvalue weighted by molar-refractivity contribution is -0.129. The zero-order valence-corrected chi connectivity index (χ0v) is 17.4. The summed E-state index contributed by atoms with van der Waals surface area (Å²) in [5.41, 5.74) is 1.06. The Labute approximate surface area is 181 Å². The molecule has 1 aliphatic heterocycles. The van der Waals surface area contributed by atoms with E-state index in [0.717, 1.165) is 11.2 Å². The van der Waals surface area contributed by atoms with Gasteiger partial charge in [0.15, 0.2) is 11.5 Å². The second kappa shape index (κ2) is 7.66. The number of anilines is 1. The third-order valence-electron chi connectivity index (χ3n) is 5.44. The van der Waals surface area contributed by atoms with Crippen LogP contribution in [-0.2, 0) is 4.79 Å². The maximum atomic E-state index is 14.3. The Kier molecular flexibility index (Phi) is 4.82. The van der Waals surface area contributed by atoms with Crippen molar-refractivity contribution in [1.29, 1.82) is 0 Å². The molecule has 31 heavy (non-hydrogen) atoms. The molecule has 8 nitrogen and oxygen atoms in total. The SMILES string of the molecule is CC(=O)N1CCN(c2ncnc3c(Oc4c(Cl)c(F)cc5[nH]ncc45)cccc23)CC1. The van der Waals surface area contributed by atoms with Crippen LogP contribution < -0.4 is 9.64 Å². The number of carbonyl (C=O) groups excluding carboxylic acids is 1. The number of ether oxygens (including phenoxy) is 1. The van der Waals surface area contributed by atoms with E-state index in [1.165, 1.54) is 18.6 Å². The van der Waals surface area contributed by atoms with Gasteiger partial charge in [-0.1, -0.05) is 17.7 Å². The van der Waals surface area contributed by atoms with Gasteiger partial charge in [0.05, 0.1) is 17.1 Å². The van der Waals surface area contributed by atoms with Gasteiger partial charge >= 0.3 is 0 Å². The first kappa shape index (κ1) is 19.5. The number of piperazine rings is 1. The van der Waals surface area contributed by atoms with Crippen molar-refractivity contribution in [1.82, 2.24) is 25.1 Å². The molecule has 1 aliphatic rings. The molecule has 158 valence electrons. The lowest BCUT2D eigenvalue weighted by Gasteiger charge is -2.35. The summed E-state index contributed by atoms with van der Waals surface area (Å²) in [7, 11) is 0. The summed E-state index contributed by atoms with van der Waals surface area (Å²) in [6, 6.07) is 6.77. The molecule has 4 aromatic rings. The standard InChI is InChI=1S/C21H18ClFN6O2/c1-12(30)28-5-7-29(8-6-28)21-13-3-2-4-17(19(13)24-11-25-21)31-20-14-10-26-27-16(14)9-15(23)18(20)22/h2-4,9-11H,5-8H2,1H3,(H,26,27). The van der Waals surface area contributed by atoms with Crippen LogP contribution in [0.3, 0.4) is 0 Å². The summed E-state index contributed by atoms with van der Waals surface area (Å²) < 4.78 is 20.4. The molecule has 0 bridgehead atoms. The summed E-state index contributed by atoms with van der Waals surface area (Å²) in [4.78, 5) is 24.4. The number of aromatic nitrogens is 4. The highest BCUT2D eigenvalue weighted by atomic mass is 35.5. The van der Waals surface area contributed by atoms with Crippen molar-refractivity contribution < 1.29 is 13.9 Å². The first-order valence-corrected chi connectivity index (χ1v) is 10.1. The molecule has 1 saturated heterocycles. The van der Waals surface area contributed by atoms with Gasteiger partial charge in [-0.15, -0.1) is 0 Å². The fourth-order valence-corrected chi connectivity index (χ4v) is 4.02. The molecule has 1 fully saturated rings. The van der Waals surface area contributed by atoms with Crippen molar-refractivity contribution in [3.05, 3.63) is 47.6 Å². The van der Waals surface area contributed by atoms with E-state index in [1.807, 2.05) is 17.0 Å². The van der Waals surface area contributed by atoms with Crippen molar-refractivity contribution in [3.8, 4) is 11.5 Å². The minimum absolute atomic E-state index is 0.0698. The Morgan fingerprint density at radius 1 is 1.19 bits per heavy atom. The number of aromatic amines is 1. The van der Waals surface area contributed by atoms with Crippen molar-refractivity contribution in [3.63, 3.8) is 0 Å². The highest BCUT2D eigenvalue weighted by Gasteiger charge is 2.23. The average Bonchev–Trinajstić information content (AvgIpc) is 3.24. The van der Waals surface area contributed by atoms with Gasteiger partial charge in [0.2, 0.25) is 5.91 Å². The van der Waals surface area contributed by atoms with E-state index >= 15 is 0 Å². The molecular formula is C21H18ClFN6O2. The summed E-state index contributed by atoms with van der Waals surface area (Å²) in [6.07, 6.45) is 3.01. The largest absolute Gasteiger partial charge is 0.453 e. The minimum atomic E-state index is -0.604. The Balaban J connectivity index is 1.54. The Bertz CT molecular complexity index is 1300. The van der Waals surface area contributed by atoms with Crippen LogP contribution in [0.5, 0.6) is 11.5 Å². The summed E-state index contributed by atoms with van der Waals surface area (Å²) in [5, 5.41) is 7.92. The number of amides is 1. The average molecular weight is 441 g/mol. The van der Waals surface area contributed by atoms with Gasteiger partial charge in [0.1, 0.15) is 28.5 Å². The molecule has 5 rings (SSSR count). The van der Waals surface area contributed by atoms with Crippen molar-refractivity contribution in [2.24, 2.45) is 0 Å². The number of benzene rings is 2. The molecule has 3 heterocycles. The van der Waals surface area contributed by atoms with E-state index < -0.39 is 5.82 Å². The number of H-pyrrole nitrogens is 1. The third kappa shape index (κ3) is 3.40. The molecule has 0 saturated carbocycles. The van der Waals surface area contributed by atoms with E-state index in [-0.39, 0.29) is 16.7 Å². The van der Waals surface area contributed by atoms with Crippen molar-refractivity contribution in [2.75, 3.05) is 31.1 Å². The smallest absolute Gasteiger partial charge is 0.219 e. The fourth-order valence-electron chi connectivity index (χ4n) is 3.83. The molecule has 1 amide bonds. The fraction of sp³-hybridized carbons (Fsp3) is 0.238. The summed E-state index contributed by atoms with van der Waals surface area (Å²) >= 11 is 6.21. The minimum Gasteiger partial charge on any atom is -0.453 e. The number of hydrogen-bond donors (Lipinski definition) is 1. The zero-order chi connectivity index (χ0) is 21.5. The van der Waals surface area contributed by atoms with E-state index in [0.29, 0.717) is 48.3 Å². The molecule has 1 N–H and O–H groups in total. The normalized spacial score (nSPS) is 14.4. The Morgan fingerprint density at radius 3 is 2.77 bits per heavy atom. The molecule has 0 spiro atoms. The monoisotopic (exact) mass is 440 g/mol.